The molecule has 0 aromatic carbocycles. The highest BCUT2D eigenvalue weighted by molar-refractivity contribution is 7.19. The summed E-state index contributed by atoms with van der Waals surface area (Å²) in [7, 11) is 3.17. The van der Waals surface area contributed by atoms with Crippen LogP contribution in [0.1, 0.15) is 125 Å². The van der Waals surface area contributed by atoms with Crippen LogP contribution >= 0.6 is 9.24 Å². The fourth-order valence-corrected chi connectivity index (χ4v) is 11.1. The van der Waals surface area contributed by atoms with Crippen LogP contribution in [0.4, 0.5) is 0 Å². The molecular weight excluding hydrogens is 519 g/mol. The molecule has 1 saturated heterocycles. The van der Waals surface area contributed by atoms with Crippen molar-refractivity contribution in [2.45, 2.75) is 160 Å². The fraction of sp³-hybridized carbons (Fsp3) is 0.941. The summed E-state index contributed by atoms with van der Waals surface area (Å²) in [6.45, 7) is 14.1. The predicted molar refractivity (Wildman–Crippen MR) is 164 cm³/mol. The third-order valence-corrected chi connectivity index (χ3v) is 13.9. The molecule has 6 heteroatoms. The molecule has 230 valence electrons. The van der Waals surface area contributed by atoms with Crippen molar-refractivity contribution >= 4 is 9.24 Å². The molecule has 3 saturated carbocycles. The highest BCUT2D eigenvalue weighted by Gasteiger charge is 2.66. The van der Waals surface area contributed by atoms with E-state index in [1.54, 1.807) is 5.57 Å². The largest absolute Gasteiger partial charge is 0.394 e. The molecule has 1 heterocycles. The Kier molecular flexibility index (Phi) is 8.76. The zero-order chi connectivity index (χ0) is 29.1. The predicted octanol–water partition coefficient (Wildman–Crippen LogP) is 6.77. The van der Waals surface area contributed by atoms with Crippen molar-refractivity contribution in [3.05, 3.63) is 11.6 Å². The van der Waals surface area contributed by atoms with Gasteiger partial charge in [0.2, 0.25) is 0 Å². The average molecular weight is 579 g/mol. The van der Waals surface area contributed by atoms with Gasteiger partial charge in [0.05, 0.1) is 30.5 Å². The minimum atomic E-state index is -0.546. The molecule has 5 nitrogen and oxygen atoms in total. The zero-order valence-corrected chi connectivity index (χ0v) is 27.4. The van der Waals surface area contributed by atoms with Crippen LogP contribution in [0.5, 0.6) is 0 Å². The van der Waals surface area contributed by atoms with Gasteiger partial charge in [-0.1, -0.05) is 45.3 Å². The molecule has 1 aliphatic heterocycles. The zero-order valence-electron chi connectivity index (χ0n) is 26.3. The second-order valence-corrected chi connectivity index (χ2v) is 17.3. The van der Waals surface area contributed by atoms with Gasteiger partial charge in [0.15, 0.2) is 6.29 Å². The fourth-order valence-electron chi connectivity index (χ4n) is 10.6. The average Bonchev–Trinajstić information content (AvgIpc) is 3.13. The summed E-state index contributed by atoms with van der Waals surface area (Å²) in [6.07, 6.45) is 15.6. The summed E-state index contributed by atoms with van der Waals surface area (Å²) in [6, 6.07) is 0. The third kappa shape index (κ3) is 5.41. The molecule has 0 radical (unpaired) electrons. The Labute approximate surface area is 246 Å². The van der Waals surface area contributed by atoms with Gasteiger partial charge in [-0.25, -0.2) is 0 Å². The summed E-state index contributed by atoms with van der Waals surface area (Å²) in [4.78, 5) is 0. The molecule has 5 rings (SSSR count). The van der Waals surface area contributed by atoms with E-state index in [0.29, 0.717) is 40.9 Å². The van der Waals surface area contributed by atoms with Gasteiger partial charge in [0.25, 0.3) is 0 Å². The minimum absolute atomic E-state index is 0.0268. The first kappa shape index (κ1) is 31.4. The number of unbranched alkanes of at least 4 members (excludes halogenated alkanes) is 1. The Morgan fingerprint density at radius 3 is 2.48 bits per heavy atom. The number of allylic oxidation sites excluding steroid dienone is 1. The van der Waals surface area contributed by atoms with E-state index >= 15 is 0 Å². The molecule has 5 aliphatic rings. The number of hydrogen-bond donors (Lipinski definition) is 3. The summed E-state index contributed by atoms with van der Waals surface area (Å²) >= 11 is 0. The van der Waals surface area contributed by atoms with Crippen molar-refractivity contribution in [3.8, 4) is 0 Å². The van der Waals surface area contributed by atoms with E-state index in [9.17, 15) is 15.3 Å². The molecule has 40 heavy (non-hydrogen) atoms. The van der Waals surface area contributed by atoms with Gasteiger partial charge < -0.3 is 24.8 Å². The Morgan fingerprint density at radius 2 is 1.77 bits per heavy atom. The van der Waals surface area contributed by atoms with Crippen molar-refractivity contribution in [1.29, 1.82) is 0 Å². The number of hydrogen-bond acceptors (Lipinski definition) is 5. The van der Waals surface area contributed by atoms with E-state index < -0.39 is 18.0 Å². The van der Waals surface area contributed by atoms with Gasteiger partial charge in [0.1, 0.15) is 0 Å². The number of aliphatic hydroxyl groups is 3. The third-order valence-electron chi connectivity index (χ3n) is 13.2. The maximum atomic E-state index is 10.3. The van der Waals surface area contributed by atoms with Crippen LogP contribution < -0.4 is 0 Å². The molecular formula is C34H59O5P. The quantitative estimate of drug-likeness (QED) is 0.168. The molecule has 3 N–H and O–H groups in total. The van der Waals surface area contributed by atoms with Crippen LogP contribution in [0.15, 0.2) is 11.6 Å². The van der Waals surface area contributed by atoms with Crippen molar-refractivity contribution in [1.82, 2.24) is 0 Å². The molecule has 4 unspecified atom stereocenters. The molecule has 0 aromatic rings. The number of rotatable bonds is 8. The van der Waals surface area contributed by atoms with Crippen molar-refractivity contribution < 1.29 is 24.8 Å². The van der Waals surface area contributed by atoms with E-state index in [1.165, 1.54) is 44.9 Å². The normalized spacial score (nSPS) is 49.1. The van der Waals surface area contributed by atoms with Gasteiger partial charge >= 0.3 is 0 Å². The Balaban J connectivity index is 1.31. The van der Waals surface area contributed by atoms with Gasteiger partial charge in [-0.05, 0) is 113 Å². The highest BCUT2D eigenvalue weighted by atomic mass is 31.0. The van der Waals surface area contributed by atoms with E-state index in [-0.39, 0.29) is 24.0 Å². The summed E-state index contributed by atoms with van der Waals surface area (Å²) in [5.74, 6) is 2.11. The van der Waals surface area contributed by atoms with Crippen LogP contribution in [0, 0.1) is 34.0 Å². The van der Waals surface area contributed by atoms with Crippen molar-refractivity contribution in [3.63, 3.8) is 0 Å². The van der Waals surface area contributed by atoms with Gasteiger partial charge in [0, 0.05) is 18.0 Å². The highest BCUT2D eigenvalue weighted by Crippen LogP contribution is 2.74. The SMILES string of the molecule is CC(C)(O)CCCCC1CC[C@@]2(C)C3CC=C4C(CC[C@H](O[C@H]5C[C@@H](O)C[C@@H](CO)O5)[C@@]4(C)P)[C@]3(C)CC[C@]12C. The molecule has 0 spiro atoms. The molecule has 0 bridgehead atoms. The van der Waals surface area contributed by atoms with Crippen molar-refractivity contribution in [2.75, 3.05) is 6.61 Å². The van der Waals surface area contributed by atoms with Crippen LogP contribution in [0.2, 0.25) is 0 Å². The molecule has 4 aliphatic carbocycles. The van der Waals surface area contributed by atoms with E-state index in [2.05, 4.69) is 43.0 Å². The van der Waals surface area contributed by atoms with Crippen LogP contribution in [0.3, 0.4) is 0 Å². The monoisotopic (exact) mass is 578 g/mol. The topological polar surface area (TPSA) is 79.2 Å². The lowest BCUT2D eigenvalue weighted by molar-refractivity contribution is -0.245. The standard InChI is InChI=1S/C34H59O5P/c1-30(2,37)15-8-7-9-22-14-16-33(5)27-12-10-26-25(31(27,3)17-18-32(22,33)4)11-13-28(34(26,6)40)39-29-20-23(36)19-24(21-35)38-29/h10,22-25,27-29,35-37H,7-9,11-21,40H2,1-6H3/t22?,23-,24-,25?,27?,28-,29-,31-,32+,33-,34-/m0/s1. The Morgan fingerprint density at radius 1 is 1.02 bits per heavy atom. The Hall–Kier alpha value is -0.0300. The first-order valence-electron chi connectivity index (χ1n) is 16.5. The maximum absolute atomic E-state index is 10.3. The van der Waals surface area contributed by atoms with Gasteiger partial charge in [-0.3, -0.25) is 0 Å². The van der Waals surface area contributed by atoms with Crippen molar-refractivity contribution in [2.24, 2.45) is 34.0 Å². The minimum Gasteiger partial charge on any atom is -0.394 e. The molecule has 4 fully saturated rings. The van der Waals surface area contributed by atoms with E-state index in [1.807, 2.05) is 13.8 Å². The van der Waals surface area contributed by atoms with Crippen LogP contribution in [-0.2, 0) is 9.47 Å². The summed E-state index contributed by atoms with van der Waals surface area (Å²) in [5, 5.41) is 30.0. The summed E-state index contributed by atoms with van der Waals surface area (Å²) < 4.78 is 12.6. The van der Waals surface area contributed by atoms with Crippen LogP contribution in [-0.4, -0.2) is 57.3 Å². The van der Waals surface area contributed by atoms with E-state index in [0.717, 1.165) is 31.6 Å². The second kappa shape index (κ2) is 11.2. The second-order valence-electron chi connectivity index (χ2n) is 16.1. The molecule has 0 amide bonds. The lowest BCUT2D eigenvalue weighted by Gasteiger charge is -2.66. The van der Waals surface area contributed by atoms with Gasteiger partial charge in [-0.2, -0.15) is 0 Å². The smallest absolute Gasteiger partial charge is 0.160 e. The number of aliphatic hydroxyl groups excluding tert-OH is 2. The Bertz CT molecular complexity index is 943. The molecule has 0 aromatic heterocycles. The maximum Gasteiger partial charge on any atom is 0.160 e. The molecule has 12 atom stereocenters. The van der Waals surface area contributed by atoms with Crippen LogP contribution in [0.25, 0.3) is 0 Å². The van der Waals surface area contributed by atoms with Gasteiger partial charge in [-0.15, -0.1) is 9.24 Å². The first-order chi connectivity index (χ1) is 18.6. The lowest BCUT2D eigenvalue weighted by atomic mass is 9.40. The number of ether oxygens (including phenoxy) is 2. The summed E-state index contributed by atoms with van der Waals surface area (Å²) in [5.41, 5.74) is 2.12. The van der Waals surface area contributed by atoms with E-state index in [4.69, 9.17) is 9.47 Å². The lowest BCUT2D eigenvalue weighted by Crippen LogP contribution is -2.60. The first-order valence-corrected chi connectivity index (χ1v) is 17.0. The number of fused-ring (bicyclic) bond motifs is 5.